The number of carboxylic acid groups (broad SMARTS) is 1. The minimum absolute atomic E-state index is 0.0247. The summed E-state index contributed by atoms with van der Waals surface area (Å²) in [6.07, 6.45) is -0.246. The highest BCUT2D eigenvalue weighted by Crippen LogP contribution is 2.22. The van der Waals surface area contributed by atoms with Gasteiger partial charge in [-0.3, -0.25) is 19.8 Å². The van der Waals surface area contributed by atoms with E-state index in [1.807, 2.05) is 0 Å². The Morgan fingerprint density at radius 1 is 1.14 bits per heavy atom. The van der Waals surface area contributed by atoms with Gasteiger partial charge < -0.3 is 21.1 Å². The van der Waals surface area contributed by atoms with Crippen LogP contribution in [0.1, 0.15) is 33.5 Å². The summed E-state index contributed by atoms with van der Waals surface area (Å²) >= 11 is 0. The molecule has 0 saturated heterocycles. The van der Waals surface area contributed by atoms with Crippen molar-refractivity contribution in [3.05, 3.63) is 64.7 Å². The molecule has 1 heterocycles. The van der Waals surface area contributed by atoms with Crippen molar-refractivity contribution in [3.8, 4) is 11.8 Å². The number of carbonyl (C=O) groups is 3. The van der Waals surface area contributed by atoms with Crippen molar-refractivity contribution < 1.29 is 19.5 Å². The largest absolute Gasteiger partial charge is 0.481 e. The number of anilines is 1. The zero-order valence-electron chi connectivity index (χ0n) is 15.4. The first-order valence-corrected chi connectivity index (χ1v) is 8.75. The van der Waals surface area contributed by atoms with Crippen molar-refractivity contribution in [2.75, 3.05) is 18.4 Å². The number of aliphatic carboxylic acids is 1. The van der Waals surface area contributed by atoms with Crippen LogP contribution >= 0.6 is 0 Å². The molecule has 3 rings (SSSR count). The van der Waals surface area contributed by atoms with Crippen LogP contribution < -0.4 is 11.1 Å². The molecule has 8 nitrogen and oxygen atoms in total. The molecule has 0 saturated carbocycles. The van der Waals surface area contributed by atoms with E-state index in [1.54, 1.807) is 42.5 Å². The lowest BCUT2D eigenvalue weighted by atomic mass is 10.1. The van der Waals surface area contributed by atoms with Gasteiger partial charge in [0.15, 0.2) is 0 Å². The number of fused-ring (bicyclic) bond motifs is 1. The van der Waals surface area contributed by atoms with Crippen molar-refractivity contribution in [3.63, 3.8) is 0 Å². The number of carbonyl (C=O) groups excluding carboxylic acids is 2. The highest BCUT2D eigenvalue weighted by atomic mass is 16.4. The zero-order chi connectivity index (χ0) is 21.0. The van der Waals surface area contributed by atoms with Crippen molar-refractivity contribution in [2.24, 2.45) is 5.73 Å². The van der Waals surface area contributed by atoms with Crippen LogP contribution in [0.2, 0.25) is 0 Å². The van der Waals surface area contributed by atoms with Gasteiger partial charge in [-0.25, -0.2) is 0 Å². The predicted molar refractivity (Wildman–Crippen MR) is 107 cm³/mol. The van der Waals surface area contributed by atoms with Gasteiger partial charge in [0.1, 0.15) is 12.4 Å². The number of nitrogens with zero attached hydrogens (tertiary/aromatic N) is 1. The van der Waals surface area contributed by atoms with Crippen LogP contribution in [0.15, 0.2) is 42.5 Å². The lowest BCUT2D eigenvalue weighted by Crippen LogP contribution is -2.36. The Hall–Kier alpha value is -4.12. The average Bonchev–Trinajstić information content (AvgIpc) is 2.81. The summed E-state index contributed by atoms with van der Waals surface area (Å²) < 4.78 is 0. The van der Waals surface area contributed by atoms with E-state index in [-0.39, 0.29) is 36.8 Å². The van der Waals surface area contributed by atoms with Crippen molar-refractivity contribution >= 4 is 29.3 Å². The number of rotatable bonds is 4. The number of hydrogen-bond donors (Lipinski definition) is 4. The summed E-state index contributed by atoms with van der Waals surface area (Å²) in [5, 5.41) is 18.9. The van der Waals surface area contributed by atoms with Gasteiger partial charge >= 0.3 is 5.97 Å². The lowest BCUT2D eigenvalue weighted by Gasteiger charge is -2.18. The molecule has 1 aliphatic heterocycles. The van der Waals surface area contributed by atoms with Crippen LogP contribution in [-0.4, -0.2) is 46.7 Å². The number of nitrogen functional groups attached to an aromatic ring is 1. The van der Waals surface area contributed by atoms with Gasteiger partial charge in [-0.1, -0.05) is 24.0 Å². The van der Waals surface area contributed by atoms with E-state index in [1.165, 1.54) is 4.90 Å². The van der Waals surface area contributed by atoms with Gasteiger partial charge in [-0.15, -0.1) is 0 Å². The summed E-state index contributed by atoms with van der Waals surface area (Å²) in [4.78, 5) is 36.8. The molecule has 0 spiro atoms. The van der Waals surface area contributed by atoms with E-state index in [0.717, 1.165) is 0 Å². The van der Waals surface area contributed by atoms with Gasteiger partial charge in [0.2, 0.25) is 5.91 Å². The number of hydrogen-bond acceptors (Lipinski definition) is 4. The fraction of sp³-hybridized carbons (Fsp3) is 0.143. The maximum absolute atomic E-state index is 12.8. The summed E-state index contributed by atoms with van der Waals surface area (Å²) in [5.41, 5.74) is 7.95. The molecule has 29 heavy (non-hydrogen) atoms. The second-order valence-electron chi connectivity index (χ2n) is 6.42. The molecular weight excluding hydrogens is 372 g/mol. The van der Waals surface area contributed by atoms with Crippen LogP contribution in [0.5, 0.6) is 0 Å². The molecule has 0 unspecified atom stereocenters. The molecule has 0 atom stereocenters. The molecule has 0 bridgehead atoms. The molecule has 0 aliphatic carbocycles. The standard InChI is InChI=1S/C21H18N4O4/c22-20(23)15-6-3-13(4-7-15)1-2-14-5-8-17-16(11-14)21(29)25(10-9-19(27)28)12-18(26)24-17/h3-8,11H,9-10,12H2,(H3,22,23)(H,24,26)(H,27,28). The van der Waals surface area contributed by atoms with Gasteiger partial charge in [0, 0.05) is 23.2 Å². The maximum Gasteiger partial charge on any atom is 0.305 e. The third-order valence-electron chi connectivity index (χ3n) is 4.29. The molecule has 0 radical (unpaired) electrons. The molecular formula is C21H18N4O4. The molecule has 2 amide bonds. The minimum atomic E-state index is -1.04. The topological polar surface area (TPSA) is 137 Å². The smallest absolute Gasteiger partial charge is 0.305 e. The van der Waals surface area contributed by atoms with Crippen LogP contribution in [0.4, 0.5) is 5.69 Å². The van der Waals surface area contributed by atoms with E-state index in [9.17, 15) is 14.4 Å². The highest BCUT2D eigenvalue weighted by molar-refractivity contribution is 6.08. The minimum Gasteiger partial charge on any atom is -0.481 e. The molecule has 1 aliphatic rings. The highest BCUT2D eigenvalue weighted by Gasteiger charge is 2.26. The molecule has 146 valence electrons. The van der Waals surface area contributed by atoms with Gasteiger partial charge in [-0.2, -0.15) is 0 Å². The van der Waals surface area contributed by atoms with E-state index in [4.69, 9.17) is 16.2 Å². The van der Waals surface area contributed by atoms with Gasteiger partial charge in [-0.05, 0) is 30.3 Å². The Balaban J connectivity index is 1.87. The Morgan fingerprint density at radius 3 is 2.45 bits per heavy atom. The second kappa shape index (κ2) is 8.27. The average molecular weight is 390 g/mol. The van der Waals surface area contributed by atoms with E-state index in [0.29, 0.717) is 22.4 Å². The molecule has 2 aromatic carbocycles. The molecule has 8 heteroatoms. The lowest BCUT2D eigenvalue weighted by molar-refractivity contribution is -0.137. The van der Waals surface area contributed by atoms with Crippen molar-refractivity contribution in [1.29, 1.82) is 5.41 Å². The van der Waals surface area contributed by atoms with Crippen LogP contribution in [0.3, 0.4) is 0 Å². The van der Waals surface area contributed by atoms with Crippen LogP contribution in [0, 0.1) is 17.3 Å². The fourth-order valence-electron chi connectivity index (χ4n) is 2.80. The summed E-state index contributed by atoms with van der Waals surface area (Å²) in [6, 6.07) is 11.8. The van der Waals surface area contributed by atoms with Crippen LogP contribution in [-0.2, 0) is 9.59 Å². The summed E-state index contributed by atoms with van der Waals surface area (Å²) in [6.45, 7) is -0.260. The Morgan fingerprint density at radius 2 is 1.79 bits per heavy atom. The third kappa shape index (κ3) is 4.78. The first kappa shape index (κ1) is 19.6. The normalized spacial score (nSPS) is 12.9. The van der Waals surface area contributed by atoms with Crippen molar-refractivity contribution in [2.45, 2.75) is 6.42 Å². The van der Waals surface area contributed by atoms with Crippen molar-refractivity contribution in [1.82, 2.24) is 4.90 Å². The molecule has 2 aromatic rings. The zero-order valence-corrected chi connectivity index (χ0v) is 15.4. The van der Waals surface area contributed by atoms with Crippen LogP contribution in [0.25, 0.3) is 0 Å². The predicted octanol–water partition coefficient (Wildman–Crippen LogP) is 1.24. The third-order valence-corrected chi connectivity index (χ3v) is 4.29. The number of nitrogens with two attached hydrogens (primary N) is 1. The Kier molecular flexibility index (Phi) is 5.60. The monoisotopic (exact) mass is 390 g/mol. The number of amidine groups is 1. The second-order valence-corrected chi connectivity index (χ2v) is 6.42. The van der Waals surface area contributed by atoms with Gasteiger partial charge in [0.25, 0.3) is 5.91 Å². The molecule has 5 N–H and O–H groups in total. The number of carboxylic acids is 1. The Bertz CT molecular complexity index is 1060. The van der Waals surface area contributed by atoms with E-state index >= 15 is 0 Å². The Labute approximate surface area is 166 Å². The molecule has 0 aromatic heterocycles. The molecule has 0 fully saturated rings. The summed E-state index contributed by atoms with van der Waals surface area (Å²) in [7, 11) is 0. The fourth-order valence-corrected chi connectivity index (χ4v) is 2.80. The first-order valence-electron chi connectivity index (χ1n) is 8.75. The van der Waals surface area contributed by atoms with E-state index in [2.05, 4.69) is 17.2 Å². The number of benzene rings is 2. The quantitative estimate of drug-likeness (QED) is 0.354. The number of amides is 2. The maximum atomic E-state index is 12.8. The van der Waals surface area contributed by atoms with Gasteiger partial charge in [0.05, 0.1) is 17.7 Å². The van der Waals surface area contributed by atoms with E-state index < -0.39 is 11.9 Å². The number of nitrogens with one attached hydrogen (secondary N) is 2. The summed E-state index contributed by atoms with van der Waals surface area (Å²) in [5.74, 6) is 4.06. The first-order chi connectivity index (χ1) is 13.8. The SMILES string of the molecule is N=C(N)c1ccc(C#Cc2ccc3c(c2)C(=O)N(CCC(=O)O)CC(=O)N3)cc1.